The van der Waals surface area contributed by atoms with Crippen molar-refractivity contribution in [3.63, 3.8) is 0 Å². The van der Waals surface area contributed by atoms with Crippen LogP contribution >= 0.6 is 0 Å². The molecule has 3 rings (SSSR count). The Hall–Kier alpha value is -3.55. The summed E-state index contributed by atoms with van der Waals surface area (Å²) in [5.74, 6) is 0.446. The smallest absolute Gasteiger partial charge is 0.416 e. The average Bonchev–Trinajstić information content (AvgIpc) is 3.08. The number of ketones is 1. The molecule has 0 fully saturated rings. The summed E-state index contributed by atoms with van der Waals surface area (Å²) in [6.45, 7) is 1.76. The van der Waals surface area contributed by atoms with Crippen LogP contribution in [-0.2, 0) is 19.8 Å². The molecule has 0 unspecified atom stereocenters. The summed E-state index contributed by atoms with van der Waals surface area (Å²) in [5, 5.41) is 4.16. The number of aryl methyl sites for hydroxylation is 2. The van der Waals surface area contributed by atoms with Gasteiger partial charge in [-0.1, -0.05) is 18.2 Å². The summed E-state index contributed by atoms with van der Waals surface area (Å²) in [6.07, 6.45) is 0.316. The summed E-state index contributed by atoms with van der Waals surface area (Å²) < 4.78 is 51.1. The maximum atomic E-state index is 12.9. The molecule has 162 valence electrons. The van der Waals surface area contributed by atoms with E-state index < -0.39 is 11.7 Å². The SMILES string of the molecule is COc1ccc(/C=C/C(=O)c2cn(C)nc2C)cc1COc1cccc(C(F)(F)F)c1. The lowest BCUT2D eigenvalue weighted by Gasteiger charge is -2.13. The second kappa shape index (κ2) is 9.07. The molecule has 0 atom stereocenters. The Bertz CT molecular complexity index is 1120. The standard InChI is InChI=1S/C23H21F3N2O3/c1-15-20(13-28(2)27-15)21(29)9-7-16-8-10-22(30-3)17(11-16)14-31-19-6-4-5-18(12-19)23(24,25)26/h4-13H,14H2,1-3H3/b9-7+. The number of halogens is 3. The van der Waals surface area contributed by atoms with Gasteiger partial charge in [0.15, 0.2) is 5.78 Å². The van der Waals surface area contributed by atoms with Gasteiger partial charge in [0.25, 0.3) is 0 Å². The molecule has 3 aromatic rings. The van der Waals surface area contributed by atoms with Crippen LogP contribution in [0.15, 0.2) is 54.7 Å². The fraction of sp³-hybridized carbons (Fsp3) is 0.217. The van der Waals surface area contributed by atoms with E-state index in [4.69, 9.17) is 9.47 Å². The number of ether oxygens (including phenoxy) is 2. The Labute approximate surface area is 177 Å². The van der Waals surface area contributed by atoms with Gasteiger partial charge >= 0.3 is 6.18 Å². The molecule has 8 heteroatoms. The summed E-state index contributed by atoms with van der Waals surface area (Å²) in [7, 11) is 3.24. The van der Waals surface area contributed by atoms with E-state index in [0.717, 1.165) is 17.7 Å². The summed E-state index contributed by atoms with van der Waals surface area (Å²) in [6, 6.07) is 9.93. The van der Waals surface area contributed by atoms with E-state index in [2.05, 4.69) is 5.10 Å². The van der Waals surface area contributed by atoms with Gasteiger partial charge in [-0.2, -0.15) is 18.3 Å². The number of carbonyl (C=O) groups is 1. The largest absolute Gasteiger partial charge is 0.496 e. The van der Waals surface area contributed by atoms with Crippen LogP contribution in [0.2, 0.25) is 0 Å². The van der Waals surface area contributed by atoms with Crippen LogP contribution in [0.4, 0.5) is 13.2 Å². The number of nitrogens with zero attached hydrogens (tertiary/aromatic N) is 2. The van der Waals surface area contributed by atoms with Gasteiger partial charge in [0.05, 0.1) is 23.9 Å². The van der Waals surface area contributed by atoms with Crippen molar-refractivity contribution >= 4 is 11.9 Å². The predicted molar refractivity (Wildman–Crippen MR) is 110 cm³/mol. The molecule has 0 N–H and O–H groups in total. The maximum absolute atomic E-state index is 12.9. The molecule has 0 aliphatic heterocycles. The van der Waals surface area contributed by atoms with E-state index in [1.807, 2.05) is 0 Å². The quantitative estimate of drug-likeness (QED) is 0.380. The normalized spacial score (nSPS) is 11.7. The number of carbonyl (C=O) groups excluding carboxylic acids is 1. The monoisotopic (exact) mass is 430 g/mol. The van der Waals surface area contributed by atoms with E-state index in [0.29, 0.717) is 22.6 Å². The van der Waals surface area contributed by atoms with Crippen LogP contribution in [0.3, 0.4) is 0 Å². The number of hydrogen-bond donors (Lipinski definition) is 0. The average molecular weight is 430 g/mol. The second-order valence-corrected chi connectivity index (χ2v) is 6.88. The fourth-order valence-electron chi connectivity index (χ4n) is 3.04. The minimum atomic E-state index is -4.44. The highest BCUT2D eigenvalue weighted by Gasteiger charge is 2.30. The Morgan fingerprint density at radius 3 is 2.61 bits per heavy atom. The molecule has 0 aliphatic carbocycles. The van der Waals surface area contributed by atoms with Crippen molar-refractivity contribution in [1.29, 1.82) is 0 Å². The minimum absolute atomic E-state index is 0.00181. The number of methoxy groups -OCH3 is 1. The highest BCUT2D eigenvalue weighted by atomic mass is 19.4. The molecule has 0 spiro atoms. The molecule has 1 heterocycles. The Morgan fingerprint density at radius 2 is 1.97 bits per heavy atom. The van der Waals surface area contributed by atoms with Gasteiger partial charge in [-0.3, -0.25) is 9.48 Å². The van der Waals surface area contributed by atoms with Crippen molar-refractivity contribution in [2.45, 2.75) is 19.7 Å². The van der Waals surface area contributed by atoms with Crippen LogP contribution in [0.5, 0.6) is 11.5 Å². The molecule has 31 heavy (non-hydrogen) atoms. The van der Waals surface area contributed by atoms with Gasteiger partial charge in [-0.15, -0.1) is 0 Å². The first kappa shape index (κ1) is 22.1. The van der Waals surface area contributed by atoms with E-state index in [1.54, 1.807) is 49.1 Å². The van der Waals surface area contributed by atoms with Crippen molar-refractivity contribution in [2.75, 3.05) is 7.11 Å². The molecular formula is C23H21F3N2O3. The predicted octanol–water partition coefficient (Wildman–Crippen LogP) is 5.23. The van der Waals surface area contributed by atoms with Gasteiger partial charge < -0.3 is 9.47 Å². The van der Waals surface area contributed by atoms with E-state index in [9.17, 15) is 18.0 Å². The van der Waals surface area contributed by atoms with Crippen LogP contribution in [0, 0.1) is 6.92 Å². The van der Waals surface area contributed by atoms with Crippen molar-refractivity contribution in [3.8, 4) is 11.5 Å². The minimum Gasteiger partial charge on any atom is -0.496 e. The van der Waals surface area contributed by atoms with Gasteiger partial charge in [-0.25, -0.2) is 0 Å². The fourth-order valence-corrected chi connectivity index (χ4v) is 3.04. The Kier molecular flexibility index (Phi) is 6.48. The first-order chi connectivity index (χ1) is 14.7. The Balaban J connectivity index is 1.76. The molecule has 5 nitrogen and oxygen atoms in total. The molecule has 0 radical (unpaired) electrons. The van der Waals surface area contributed by atoms with E-state index in [-0.39, 0.29) is 18.1 Å². The first-order valence-corrected chi connectivity index (χ1v) is 9.37. The van der Waals surface area contributed by atoms with Crippen LogP contribution in [0.1, 0.15) is 32.7 Å². The number of benzene rings is 2. The molecule has 0 amide bonds. The van der Waals surface area contributed by atoms with Gasteiger partial charge in [0.1, 0.15) is 18.1 Å². The maximum Gasteiger partial charge on any atom is 0.416 e. The first-order valence-electron chi connectivity index (χ1n) is 9.37. The summed E-state index contributed by atoms with van der Waals surface area (Å²) in [5.41, 5.74) is 1.73. The lowest BCUT2D eigenvalue weighted by Crippen LogP contribution is -2.05. The topological polar surface area (TPSA) is 53.4 Å². The van der Waals surface area contributed by atoms with E-state index >= 15 is 0 Å². The van der Waals surface area contributed by atoms with Crippen LogP contribution in [-0.4, -0.2) is 22.7 Å². The molecule has 0 saturated carbocycles. The second-order valence-electron chi connectivity index (χ2n) is 6.88. The zero-order valence-corrected chi connectivity index (χ0v) is 17.2. The molecule has 0 saturated heterocycles. The zero-order chi connectivity index (χ0) is 22.6. The van der Waals surface area contributed by atoms with Crippen molar-refractivity contribution in [2.24, 2.45) is 7.05 Å². The summed E-state index contributed by atoms with van der Waals surface area (Å²) in [4.78, 5) is 12.4. The number of alkyl halides is 3. The third-order valence-corrected chi connectivity index (χ3v) is 4.57. The summed E-state index contributed by atoms with van der Waals surface area (Å²) >= 11 is 0. The van der Waals surface area contributed by atoms with Gasteiger partial charge in [0.2, 0.25) is 0 Å². The highest BCUT2D eigenvalue weighted by molar-refractivity contribution is 6.07. The van der Waals surface area contributed by atoms with Crippen molar-refractivity contribution in [3.05, 3.63) is 82.7 Å². The van der Waals surface area contributed by atoms with E-state index in [1.165, 1.54) is 25.3 Å². The molecular weight excluding hydrogens is 409 g/mol. The highest BCUT2D eigenvalue weighted by Crippen LogP contribution is 2.32. The number of aromatic nitrogens is 2. The zero-order valence-electron chi connectivity index (χ0n) is 17.2. The van der Waals surface area contributed by atoms with Gasteiger partial charge in [-0.05, 0) is 48.9 Å². The lowest BCUT2D eigenvalue weighted by atomic mass is 10.1. The number of allylic oxidation sites excluding steroid dienone is 1. The van der Waals surface area contributed by atoms with Crippen LogP contribution in [0.25, 0.3) is 6.08 Å². The Morgan fingerprint density at radius 1 is 1.19 bits per heavy atom. The molecule has 2 aromatic carbocycles. The third kappa shape index (κ3) is 5.53. The molecule has 1 aromatic heterocycles. The van der Waals surface area contributed by atoms with Gasteiger partial charge in [0, 0.05) is 18.8 Å². The number of rotatable bonds is 7. The van der Waals surface area contributed by atoms with Crippen molar-refractivity contribution in [1.82, 2.24) is 9.78 Å². The van der Waals surface area contributed by atoms with Crippen molar-refractivity contribution < 1.29 is 27.4 Å². The molecule has 0 aliphatic rings. The molecule has 0 bridgehead atoms. The number of hydrogen-bond acceptors (Lipinski definition) is 4. The third-order valence-electron chi connectivity index (χ3n) is 4.57. The lowest BCUT2D eigenvalue weighted by molar-refractivity contribution is -0.137. The van der Waals surface area contributed by atoms with Crippen LogP contribution < -0.4 is 9.47 Å².